The highest BCUT2D eigenvalue weighted by atomic mass is 19.4. The van der Waals surface area contributed by atoms with E-state index in [0.717, 1.165) is 18.2 Å². The molecule has 0 fully saturated rings. The summed E-state index contributed by atoms with van der Waals surface area (Å²) in [6, 6.07) is 2.77. The summed E-state index contributed by atoms with van der Waals surface area (Å²) in [6.07, 6.45) is -8.11. The summed E-state index contributed by atoms with van der Waals surface area (Å²) in [5, 5.41) is 22.6. The van der Waals surface area contributed by atoms with Gasteiger partial charge in [-0.25, -0.2) is 0 Å². The van der Waals surface area contributed by atoms with E-state index in [-0.39, 0.29) is 18.7 Å². The SMILES string of the molecule is [N-]=[N+]=NCCC(O)C(O)c1cc(N)ccc1C(F)(F)F. The lowest BCUT2D eigenvalue weighted by Crippen LogP contribution is -2.22. The molecule has 0 spiro atoms. The number of hydrogen-bond donors (Lipinski definition) is 3. The molecule has 2 unspecified atom stereocenters. The van der Waals surface area contributed by atoms with Gasteiger partial charge in [-0.05, 0) is 35.7 Å². The Labute approximate surface area is 112 Å². The monoisotopic (exact) mass is 290 g/mol. The zero-order valence-corrected chi connectivity index (χ0v) is 10.2. The van der Waals surface area contributed by atoms with E-state index in [2.05, 4.69) is 10.0 Å². The van der Waals surface area contributed by atoms with E-state index in [4.69, 9.17) is 11.3 Å². The second kappa shape index (κ2) is 6.47. The number of nitrogens with two attached hydrogens (primary N) is 1. The summed E-state index contributed by atoms with van der Waals surface area (Å²) < 4.78 is 38.4. The van der Waals surface area contributed by atoms with E-state index in [1.807, 2.05) is 0 Å². The Bertz CT molecular complexity index is 515. The molecule has 9 heteroatoms. The number of azide groups is 1. The van der Waals surface area contributed by atoms with E-state index < -0.39 is 29.5 Å². The van der Waals surface area contributed by atoms with Crippen LogP contribution in [-0.2, 0) is 6.18 Å². The molecule has 0 aliphatic carbocycles. The quantitative estimate of drug-likeness (QED) is 0.334. The first kappa shape index (κ1) is 16.1. The van der Waals surface area contributed by atoms with Gasteiger partial charge in [0.2, 0.25) is 0 Å². The van der Waals surface area contributed by atoms with Crippen LogP contribution in [0.25, 0.3) is 10.4 Å². The fraction of sp³-hybridized carbons (Fsp3) is 0.455. The van der Waals surface area contributed by atoms with Crippen molar-refractivity contribution in [3.8, 4) is 0 Å². The molecule has 1 rings (SSSR count). The number of nitrogens with zero attached hydrogens (tertiary/aromatic N) is 3. The molecule has 6 nitrogen and oxygen atoms in total. The van der Waals surface area contributed by atoms with E-state index in [1.54, 1.807) is 0 Å². The first-order valence-corrected chi connectivity index (χ1v) is 5.61. The summed E-state index contributed by atoms with van der Waals surface area (Å²) >= 11 is 0. The smallest absolute Gasteiger partial charge is 0.399 e. The molecule has 20 heavy (non-hydrogen) atoms. The van der Waals surface area contributed by atoms with E-state index >= 15 is 0 Å². The Morgan fingerprint density at radius 3 is 2.55 bits per heavy atom. The molecule has 0 heterocycles. The largest absolute Gasteiger partial charge is 0.416 e. The first-order valence-electron chi connectivity index (χ1n) is 5.61. The van der Waals surface area contributed by atoms with Crippen molar-refractivity contribution < 1.29 is 23.4 Å². The predicted octanol–water partition coefficient (Wildman–Crippen LogP) is 2.38. The summed E-state index contributed by atoms with van der Waals surface area (Å²) in [6.45, 7) is -0.140. The van der Waals surface area contributed by atoms with Crippen molar-refractivity contribution in [2.75, 3.05) is 12.3 Å². The van der Waals surface area contributed by atoms with Crippen molar-refractivity contribution in [2.45, 2.75) is 24.8 Å². The van der Waals surface area contributed by atoms with Crippen molar-refractivity contribution in [2.24, 2.45) is 5.11 Å². The highest BCUT2D eigenvalue weighted by molar-refractivity contribution is 5.46. The Morgan fingerprint density at radius 1 is 1.35 bits per heavy atom. The van der Waals surface area contributed by atoms with E-state index in [1.165, 1.54) is 0 Å². The fourth-order valence-corrected chi connectivity index (χ4v) is 1.68. The highest BCUT2D eigenvalue weighted by Crippen LogP contribution is 2.36. The number of nitrogen functional groups attached to an aromatic ring is 1. The Morgan fingerprint density at radius 2 is 2.00 bits per heavy atom. The Kier molecular flexibility index (Phi) is 5.20. The number of rotatable bonds is 5. The van der Waals surface area contributed by atoms with E-state index in [0.29, 0.717) is 0 Å². The number of anilines is 1. The Hall–Kier alpha value is -1.96. The third kappa shape index (κ3) is 4.02. The van der Waals surface area contributed by atoms with Crippen LogP contribution in [0.5, 0.6) is 0 Å². The van der Waals surface area contributed by atoms with Gasteiger partial charge in [0.25, 0.3) is 0 Å². The fourth-order valence-electron chi connectivity index (χ4n) is 1.68. The zero-order valence-electron chi connectivity index (χ0n) is 10.2. The predicted molar refractivity (Wildman–Crippen MR) is 65.5 cm³/mol. The van der Waals surface area contributed by atoms with Crippen molar-refractivity contribution in [3.05, 3.63) is 39.8 Å². The number of aliphatic hydroxyl groups is 2. The van der Waals surface area contributed by atoms with Gasteiger partial charge in [0, 0.05) is 17.1 Å². The van der Waals surface area contributed by atoms with Crippen LogP contribution in [0.4, 0.5) is 18.9 Å². The van der Waals surface area contributed by atoms with Crippen molar-refractivity contribution in [1.29, 1.82) is 0 Å². The number of halogens is 3. The minimum Gasteiger partial charge on any atom is -0.399 e. The van der Waals surface area contributed by atoms with E-state index in [9.17, 15) is 23.4 Å². The third-order valence-electron chi connectivity index (χ3n) is 2.65. The van der Waals surface area contributed by atoms with Gasteiger partial charge in [-0.3, -0.25) is 0 Å². The van der Waals surface area contributed by atoms with Gasteiger partial charge in [-0.2, -0.15) is 13.2 Å². The average Bonchev–Trinajstić information content (AvgIpc) is 2.36. The van der Waals surface area contributed by atoms with Gasteiger partial charge < -0.3 is 15.9 Å². The minimum absolute atomic E-state index is 0.0364. The molecule has 0 aromatic heterocycles. The number of aliphatic hydroxyl groups excluding tert-OH is 2. The molecule has 2 atom stereocenters. The van der Waals surface area contributed by atoms with Crippen molar-refractivity contribution in [3.63, 3.8) is 0 Å². The van der Waals surface area contributed by atoms with Crippen LogP contribution < -0.4 is 5.73 Å². The molecule has 110 valence electrons. The molecule has 0 bridgehead atoms. The molecule has 0 saturated heterocycles. The van der Waals surface area contributed by atoms with Crippen LogP contribution in [0.15, 0.2) is 23.3 Å². The third-order valence-corrected chi connectivity index (χ3v) is 2.65. The zero-order chi connectivity index (χ0) is 15.3. The molecule has 0 aliphatic rings. The van der Waals surface area contributed by atoms with Gasteiger partial charge in [0.1, 0.15) is 6.10 Å². The van der Waals surface area contributed by atoms with Crippen LogP contribution in [0.2, 0.25) is 0 Å². The maximum Gasteiger partial charge on any atom is 0.416 e. The van der Waals surface area contributed by atoms with Gasteiger partial charge in [0.15, 0.2) is 0 Å². The van der Waals surface area contributed by atoms with Crippen LogP contribution >= 0.6 is 0 Å². The molecule has 1 aromatic carbocycles. The molecular weight excluding hydrogens is 277 g/mol. The Balaban J connectivity index is 3.04. The highest BCUT2D eigenvalue weighted by Gasteiger charge is 2.36. The number of alkyl halides is 3. The normalized spacial score (nSPS) is 14.4. The minimum atomic E-state index is -4.67. The van der Waals surface area contributed by atoms with Gasteiger partial charge in [-0.1, -0.05) is 5.11 Å². The van der Waals surface area contributed by atoms with Crippen LogP contribution in [0, 0.1) is 0 Å². The van der Waals surface area contributed by atoms with Crippen molar-refractivity contribution >= 4 is 5.69 Å². The van der Waals surface area contributed by atoms with Crippen molar-refractivity contribution in [1.82, 2.24) is 0 Å². The standard InChI is InChI=1S/C11H13F3N4O2/c12-11(13,14)8-2-1-6(15)5-7(8)10(20)9(19)3-4-17-18-16/h1-2,5,9-10,19-20H,3-4,15H2. The van der Waals surface area contributed by atoms with Crippen LogP contribution in [-0.4, -0.2) is 22.9 Å². The lowest BCUT2D eigenvalue weighted by atomic mass is 9.96. The molecule has 4 N–H and O–H groups in total. The second-order valence-electron chi connectivity index (χ2n) is 4.10. The lowest BCUT2D eigenvalue weighted by Gasteiger charge is -2.22. The average molecular weight is 290 g/mol. The van der Waals surface area contributed by atoms with Crippen LogP contribution in [0.1, 0.15) is 23.7 Å². The first-order chi connectivity index (χ1) is 9.27. The summed E-state index contributed by atoms with van der Waals surface area (Å²) in [5.74, 6) is 0. The second-order valence-corrected chi connectivity index (χ2v) is 4.10. The molecule has 0 amide bonds. The van der Waals surface area contributed by atoms with Gasteiger partial charge >= 0.3 is 6.18 Å². The van der Waals surface area contributed by atoms with Crippen LogP contribution in [0.3, 0.4) is 0 Å². The maximum absolute atomic E-state index is 12.8. The molecule has 0 saturated carbocycles. The summed E-state index contributed by atoms with van der Waals surface area (Å²) in [7, 11) is 0. The number of hydrogen-bond acceptors (Lipinski definition) is 4. The molecule has 0 radical (unpaired) electrons. The van der Waals surface area contributed by atoms with Gasteiger partial charge in [-0.15, -0.1) is 0 Å². The maximum atomic E-state index is 12.8. The topological polar surface area (TPSA) is 115 Å². The lowest BCUT2D eigenvalue weighted by molar-refractivity contribution is -0.139. The number of benzene rings is 1. The molecular formula is C11H13F3N4O2. The molecule has 0 aliphatic heterocycles. The summed E-state index contributed by atoms with van der Waals surface area (Å²) in [5.41, 5.74) is 11.9. The van der Waals surface area contributed by atoms with Gasteiger partial charge in [0.05, 0.1) is 11.7 Å². The molecule has 1 aromatic rings. The summed E-state index contributed by atoms with van der Waals surface area (Å²) in [4.78, 5) is 2.44.